The van der Waals surface area contributed by atoms with Crippen LogP contribution < -0.4 is 9.80 Å². The number of anilines is 2. The molecule has 104 valence electrons. The zero-order valence-electron chi connectivity index (χ0n) is 11.7. The van der Waals surface area contributed by atoms with Gasteiger partial charge in [-0.15, -0.1) is 0 Å². The van der Waals surface area contributed by atoms with Gasteiger partial charge in [0.1, 0.15) is 0 Å². The second-order valence-corrected chi connectivity index (χ2v) is 5.38. The van der Waals surface area contributed by atoms with Crippen LogP contribution in [0.2, 0.25) is 0 Å². The number of morpholine rings is 1. The van der Waals surface area contributed by atoms with Crippen molar-refractivity contribution >= 4 is 11.4 Å². The summed E-state index contributed by atoms with van der Waals surface area (Å²) in [5.41, 5.74) is 2.76. The summed E-state index contributed by atoms with van der Waals surface area (Å²) in [6, 6.07) is 8.80. The van der Waals surface area contributed by atoms with E-state index >= 15 is 0 Å². The molecular formula is C15H23N3O. The first kappa shape index (κ1) is 12.8. The van der Waals surface area contributed by atoms with Crippen LogP contribution >= 0.6 is 0 Å². The van der Waals surface area contributed by atoms with Crippen LogP contribution in [0.3, 0.4) is 0 Å². The predicted molar refractivity (Wildman–Crippen MR) is 79.2 cm³/mol. The quantitative estimate of drug-likeness (QED) is 0.798. The Morgan fingerprint density at radius 1 is 0.789 bits per heavy atom. The molecule has 4 nitrogen and oxygen atoms in total. The third kappa shape index (κ3) is 2.85. The summed E-state index contributed by atoms with van der Waals surface area (Å²) in [5, 5.41) is 0. The molecule has 0 unspecified atom stereocenters. The van der Waals surface area contributed by atoms with E-state index in [-0.39, 0.29) is 0 Å². The van der Waals surface area contributed by atoms with Crippen molar-refractivity contribution in [1.82, 2.24) is 4.90 Å². The van der Waals surface area contributed by atoms with Crippen LogP contribution in [0.1, 0.15) is 0 Å². The Balaban J connectivity index is 1.80. The normalized spacial score (nSPS) is 21.7. The highest BCUT2D eigenvalue weighted by Gasteiger charge is 2.20. The van der Waals surface area contributed by atoms with Gasteiger partial charge >= 0.3 is 0 Å². The fraction of sp³-hybridized carbons (Fsp3) is 0.600. The average Bonchev–Trinajstić information content (AvgIpc) is 2.49. The number of rotatable bonds is 2. The maximum absolute atomic E-state index is 5.46. The van der Waals surface area contributed by atoms with Gasteiger partial charge in [-0.05, 0) is 19.2 Å². The molecule has 3 rings (SSSR count). The van der Waals surface area contributed by atoms with Crippen LogP contribution in [0.4, 0.5) is 11.4 Å². The largest absolute Gasteiger partial charge is 0.378 e. The smallest absolute Gasteiger partial charge is 0.0642 e. The van der Waals surface area contributed by atoms with Crippen molar-refractivity contribution < 1.29 is 4.74 Å². The molecule has 1 aromatic carbocycles. The van der Waals surface area contributed by atoms with Crippen molar-refractivity contribution in [3.63, 3.8) is 0 Å². The van der Waals surface area contributed by atoms with E-state index in [2.05, 4.69) is 46.0 Å². The van der Waals surface area contributed by atoms with E-state index in [9.17, 15) is 0 Å². The molecule has 0 amide bonds. The Morgan fingerprint density at radius 3 is 1.89 bits per heavy atom. The Bertz CT molecular complexity index is 410. The summed E-state index contributed by atoms with van der Waals surface area (Å²) in [6.45, 7) is 8.24. The Kier molecular flexibility index (Phi) is 3.89. The van der Waals surface area contributed by atoms with Crippen LogP contribution in [-0.2, 0) is 4.74 Å². The number of para-hydroxylation sites is 2. The van der Waals surface area contributed by atoms with Crippen molar-refractivity contribution in [3.05, 3.63) is 24.3 Å². The second kappa shape index (κ2) is 5.80. The van der Waals surface area contributed by atoms with Gasteiger partial charge in [-0.25, -0.2) is 0 Å². The maximum atomic E-state index is 5.46. The molecule has 2 heterocycles. The van der Waals surface area contributed by atoms with E-state index in [0.29, 0.717) is 0 Å². The van der Waals surface area contributed by atoms with E-state index in [4.69, 9.17) is 4.74 Å². The molecule has 0 aliphatic carbocycles. The van der Waals surface area contributed by atoms with Gasteiger partial charge in [0.05, 0.1) is 24.6 Å². The van der Waals surface area contributed by atoms with Gasteiger partial charge < -0.3 is 19.4 Å². The van der Waals surface area contributed by atoms with Crippen LogP contribution in [0, 0.1) is 0 Å². The summed E-state index contributed by atoms with van der Waals surface area (Å²) >= 11 is 0. The number of likely N-dealkylation sites (N-methyl/N-ethyl adjacent to an activating group) is 1. The van der Waals surface area contributed by atoms with Gasteiger partial charge in [0.2, 0.25) is 0 Å². The molecule has 0 bridgehead atoms. The Hall–Kier alpha value is -1.26. The maximum Gasteiger partial charge on any atom is 0.0642 e. The first-order valence-corrected chi connectivity index (χ1v) is 7.20. The van der Waals surface area contributed by atoms with Crippen LogP contribution in [0.5, 0.6) is 0 Å². The highest BCUT2D eigenvalue weighted by Crippen LogP contribution is 2.30. The van der Waals surface area contributed by atoms with Gasteiger partial charge in [0, 0.05) is 39.3 Å². The standard InChI is InChI=1S/C15H23N3O/c1-16-6-8-17(9-7-16)14-4-2-3-5-15(14)18-10-12-19-13-11-18/h2-5H,6-13H2,1H3. The number of benzene rings is 1. The SMILES string of the molecule is CN1CCN(c2ccccc2N2CCOCC2)CC1. The minimum atomic E-state index is 0.844. The Labute approximate surface area is 115 Å². The van der Waals surface area contributed by atoms with Crippen LogP contribution in [0.25, 0.3) is 0 Å². The van der Waals surface area contributed by atoms with Crippen molar-refractivity contribution in [2.75, 3.05) is 69.3 Å². The lowest BCUT2D eigenvalue weighted by molar-refractivity contribution is 0.122. The van der Waals surface area contributed by atoms with E-state index in [1.807, 2.05) is 0 Å². The molecule has 2 saturated heterocycles. The molecule has 2 fully saturated rings. The predicted octanol–water partition coefficient (Wildman–Crippen LogP) is 1.27. The molecule has 0 N–H and O–H groups in total. The highest BCUT2D eigenvalue weighted by atomic mass is 16.5. The van der Waals surface area contributed by atoms with Crippen molar-refractivity contribution in [1.29, 1.82) is 0 Å². The summed E-state index contributed by atoms with van der Waals surface area (Å²) < 4.78 is 5.46. The lowest BCUT2D eigenvalue weighted by atomic mass is 10.2. The first-order chi connectivity index (χ1) is 9.34. The average molecular weight is 261 g/mol. The molecule has 0 atom stereocenters. The zero-order chi connectivity index (χ0) is 13.1. The van der Waals surface area contributed by atoms with E-state index in [1.54, 1.807) is 0 Å². The van der Waals surface area contributed by atoms with Crippen molar-refractivity contribution in [2.24, 2.45) is 0 Å². The van der Waals surface area contributed by atoms with Gasteiger partial charge in [0.25, 0.3) is 0 Å². The summed E-state index contributed by atoms with van der Waals surface area (Å²) in [6.07, 6.45) is 0. The molecule has 2 aliphatic rings. The zero-order valence-corrected chi connectivity index (χ0v) is 11.7. The van der Waals surface area contributed by atoms with Gasteiger partial charge in [-0.3, -0.25) is 0 Å². The molecule has 0 spiro atoms. The Morgan fingerprint density at radius 2 is 1.32 bits per heavy atom. The number of nitrogens with zero attached hydrogens (tertiary/aromatic N) is 3. The lowest BCUT2D eigenvalue weighted by Gasteiger charge is -2.38. The van der Waals surface area contributed by atoms with Gasteiger partial charge in [-0.2, -0.15) is 0 Å². The highest BCUT2D eigenvalue weighted by molar-refractivity contribution is 5.71. The second-order valence-electron chi connectivity index (χ2n) is 5.38. The molecule has 0 saturated carbocycles. The lowest BCUT2D eigenvalue weighted by Crippen LogP contribution is -2.45. The van der Waals surface area contributed by atoms with E-state index < -0.39 is 0 Å². The number of hydrogen-bond donors (Lipinski definition) is 0. The van der Waals surface area contributed by atoms with Crippen molar-refractivity contribution in [2.45, 2.75) is 0 Å². The number of hydrogen-bond acceptors (Lipinski definition) is 4. The summed E-state index contributed by atoms with van der Waals surface area (Å²) in [5.74, 6) is 0. The molecule has 1 aromatic rings. The van der Waals surface area contributed by atoms with Gasteiger partial charge in [0.15, 0.2) is 0 Å². The molecule has 0 aromatic heterocycles. The summed E-state index contributed by atoms with van der Waals surface area (Å²) in [4.78, 5) is 7.37. The van der Waals surface area contributed by atoms with Crippen molar-refractivity contribution in [3.8, 4) is 0 Å². The minimum Gasteiger partial charge on any atom is -0.378 e. The summed E-state index contributed by atoms with van der Waals surface area (Å²) in [7, 11) is 2.20. The fourth-order valence-corrected chi connectivity index (χ4v) is 2.85. The fourth-order valence-electron chi connectivity index (χ4n) is 2.85. The number of piperazine rings is 1. The molecule has 2 aliphatic heterocycles. The monoisotopic (exact) mass is 261 g/mol. The van der Waals surface area contributed by atoms with E-state index in [0.717, 1.165) is 52.5 Å². The molecule has 4 heteroatoms. The van der Waals surface area contributed by atoms with Crippen LogP contribution in [0.15, 0.2) is 24.3 Å². The molecule has 19 heavy (non-hydrogen) atoms. The third-order valence-corrected chi connectivity index (χ3v) is 4.08. The van der Waals surface area contributed by atoms with Crippen LogP contribution in [-0.4, -0.2) is 64.4 Å². The topological polar surface area (TPSA) is 19.0 Å². The molecule has 0 radical (unpaired) electrons. The molecular weight excluding hydrogens is 238 g/mol. The third-order valence-electron chi connectivity index (χ3n) is 4.08. The first-order valence-electron chi connectivity index (χ1n) is 7.20. The van der Waals surface area contributed by atoms with Gasteiger partial charge in [-0.1, -0.05) is 12.1 Å². The number of ether oxygens (including phenoxy) is 1. The van der Waals surface area contributed by atoms with E-state index in [1.165, 1.54) is 11.4 Å². The minimum absolute atomic E-state index is 0.844.